The van der Waals surface area contributed by atoms with Gasteiger partial charge in [0.2, 0.25) is 0 Å². The molecule has 0 bridgehead atoms. The number of aromatic nitrogens is 1. The van der Waals surface area contributed by atoms with E-state index in [0.29, 0.717) is 22.0 Å². The maximum absolute atomic E-state index is 11.0. The fourth-order valence-corrected chi connectivity index (χ4v) is 3.95. The van der Waals surface area contributed by atoms with Crippen LogP contribution in [-0.4, -0.2) is 15.0 Å². The van der Waals surface area contributed by atoms with Crippen molar-refractivity contribution in [1.29, 1.82) is 5.26 Å². The molecule has 0 radical (unpaired) electrons. The van der Waals surface area contributed by atoms with Gasteiger partial charge in [0, 0.05) is 33.1 Å². The zero-order valence-corrected chi connectivity index (χ0v) is 18.1. The van der Waals surface area contributed by atoms with Gasteiger partial charge in [0.25, 0.3) is 5.69 Å². The van der Waals surface area contributed by atoms with E-state index in [4.69, 9.17) is 4.42 Å². The molecule has 0 atom stereocenters. The highest BCUT2D eigenvalue weighted by atomic mass is 79.9. The van der Waals surface area contributed by atoms with E-state index < -0.39 is 4.92 Å². The van der Waals surface area contributed by atoms with Crippen LogP contribution in [0.2, 0.25) is 0 Å². The first-order chi connectivity index (χ1) is 15.0. The van der Waals surface area contributed by atoms with E-state index >= 15 is 0 Å². The summed E-state index contributed by atoms with van der Waals surface area (Å²) in [5.41, 5.74) is 1.96. The predicted octanol–water partition coefficient (Wildman–Crippen LogP) is 6.69. The molecule has 31 heavy (non-hydrogen) atoms. The third kappa shape index (κ3) is 4.26. The molecule has 1 N–H and O–H groups in total. The summed E-state index contributed by atoms with van der Waals surface area (Å²) in [4.78, 5) is 15.0. The quantitative estimate of drug-likeness (QED) is 0.143. The fourth-order valence-electron chi connectivity index (χ4n) is 2.86. The molecule has 152 valence electrons. The molecular weight excluding hydrogens is 482 g/mol. The molecule has 0 saturated carbocycles. The molecule has 7 nitrogen and oxygen atoms in total. The third-order valence-electron chi connectivity index (χ3n) is 4.39. The van der Waals surface area contributed by atoms with Gasteiger partial charge in [-0.25, -0.2) is 4.98 Å². The first kappa shape index (κ1) is 20.5. The van der Waals surface area contributed by atoms with E-state index in [2.05, 4.69) is 20.9 Å². The second-order valence-electron chi connectivity index (χ2n) is 6.35. The van der Waals surface area contributed by atoms with Gasteiger partial charge in [0.15, 0.2) is 11.5 Å². The Morgan fingerprint density at radius 2 is 1.94 bits per heavy atom. The molecule has 0 amide bonds. The van der Waals surface area contributed by atoms with Crippen LogP contribution in [0.4, 0.5) is 5.69 Å². The lowest BCUT2D eigenvalue weighted by Gasteiger charge is -2.00. The van der Waals surface area contributed by atoms with E-state index in [0.717, 1.165) is 10.0 Å². The number of furan rings is 1. The van der Waals surface area contributed by atoms with Crippen LogP contribution in [0.25, 0.3) is 33.9 Å². The minimum atomic E-state index is -0.496. The first-order valence-electron chi connectivity index (χ1n) is 8.86. The van der Waals surface area contributed by atoms with Crippen molar-refractivity contribution in [1.82, 2.24) is 4.98 Å². The molecule has 4 rings (SSSR count). The Kier molecular flexibility index (Phi) is 5.66. The lowest BCUT2D eigenvalue weighted by molar-refractivity contribution is -0.384. The first-order valence-corrected chi connectivity index (χ1v) is 10.5. The van der Waals surface area contributed by atoms with Crippen LogP contribution in [0, 0.1) is 21.4 Å². The van der Waals surface area contributed by atoms with Crippen LogP contribution in [-0.2, 0) is 0 Å². The number of rotatable bonds is 5. The van der Waals surface area contributed by atoms with Crippen molar-refractivity contribution in [3.05, 3.63) is 91.4 Å². The molecule has 0 fully saturated rings. The number of halogens is 1. The largest absolute Gasteiger partial charge is 0.503 e. The summed E-state index contributed by atoms with van der Waals surface area (Å²) in [7, 11) is 0. The smallest absolute Gasteiger partial charge is 0.270 e. The maximum Gasteiger partial charge on any atom is 0.270 e. The number of nitro groups is 1. The second kappa shape index (κ2) is 8.55. The van der Waals surface area contributed by atoms with Crippen LogP contribution >= 0.6 is 27.3 Å². The molecule has 2 aromatic carbocycles. The summed E-state index contributed by atoms with van der Waals surface area (Å²) in [6.07, 6.45) is 0. The molecule has 0 unspecified atom stereocenters. The highest BCUT2D eigenvalue weighted by molar-refractivity contribution is 9.10. The molecule has 0 aliphatic carbocycles. The van der Waals surface area contributed by atoms with Crippen molar-refractivity contribution < 1.29 is 14.4 Å². The molecule has 0 saturated heterocycles. The zero-order valence-electron chi connectivity index (χ0n) is 15.7. The van der Waals surface area contributed by atoms with E-state index in [-0.39, 0.29) is 22.8 Å². The van der Waals surface area contributed by atoms with E-state index in [1.807, 2.05) is 30.3 Å². The predicted molar refractivity (Wildman–Crippen MR) is 121 cm³/mol. The summed E-state index contributed by atoms with van der Waals surface area (Å²) in [5, 5.41) is 33.4. The Bertz CT molecular complexity index is 1350. The van der Waals surface area contributed by atoms with Crippen LogP contribution in [0.5, 0.6) is 0 Å². The highest BCUT2D eigenvalue weighted by Crippen LogP contribution is 2.33. The number of benzene rings is 2. The van der Waals surface area contributed by atoms with Gasteiger partial charge in [-0.15, -0.1) is 11.3 Å². The van der Waals surface area contributed by atoms with Gasteiger partial charge < -0.3 is 9.52 Å². The molecule has 2 aromatic heterocycles. The number of hydrogen-bond donors (Lipinski definition) is 1. The van der Waals surface area contributed by atoms with Gasteiger partial charge in [-0.2, -0.15) is 5.26 Å². The minimum absolute atomic E-state index is 0.0201. The van der Waals surface area contributed by atoms with Gasteiger partial charge in [0.05, 0.1) is 10.6 Å². The molecule has 9 heteroatoms. The van der Waals surface area contributed by atoms with Crippen molar-refractivity contribution >= 4 is 44.3 Å². The van der Waals surface area contributed by atoms with Crippen LogP contribution < -0.4 is 0 Å². The Morgan fingerprint density at radius 1 is 1.16 bits per heavy atom. The van der Waals surface area contributed by atoms with Gasteiger partial charge in [0.1, 0.15) is 22.4 Å². The number of thiazole rings is 1. The molecule has 2 heterocycles. The Labute approximate surface area is 188 Å². The third-order valence-corrected chi connectivity index (χ3v) is 5.78. The lowest BCUT2D eigenvalue weighted by atomic mass is 10.1. The number of nitro benzene ring substituents is 1. The molecule has 0 aliphatic rings. The Morgan fingerprint density at radius 3 is 2.65 bits per heavy atom. The maximum atomic E-state index is 11.0. The van der Waals surface area contributed by atoms with Crippen LogP contribution in [0.1, 0.15) is 10.8 Å². The SMILES string of the molecule is N#CC(=C(O)c1ccc(-c2cccc([N+](=O)[O-])c2)o1)c1nc(-c2ccc(Br)cc2)cs1. The number of aliphatic hydroxyl groups excluding tert-OH is 1. The van der Waals surface area contributed by atoms with E-state index in [1.54, 1.807) is 23.6 Å². The summed E-state index contributed by atoms with van der Waals surface area (Å²) in [6, 6.07) is 18.6. The van der Waals surface area contributed by atoms with Gasteiger partial charge in [-0.1, -0.05) is 40.2 Å². The number of allylic oxidation sites excluding steroid dienone is 1. The van der Waals surface area contributed by atoms with Crippen molar-refractivity contribution in [3.63, 3.8) is 0 Å². The summed E-state index contributed by atoms with van der Waals surface area (Å²) in [6.45, 7) is 0. The van der Waals surface area contributed by atoms with Crippen LogP contribution in [0.15, 0.2) is 74.9 Å². The number of aliphatic hydroxyl groups is 1. The number of hydrogen-bond acceptors (Lipinski definition) is 7. The average molecular weight is 494 g/mol. The van der Waals surface area contributed by atoms with Gasteiger partial charge in [-0.3, -0.25) is 10.1 Å². The van der Waals surface area contributed by atoms with Crippen molar-refractivity contribution in [2.75, 3.05) is 0 Å². The number of non-ortho nitro benzene ring substituents is 1. The lowest BCUT2D eigenvalue weighted by Crippen LogP contribution is -1.89. The fraction of sp³-hybridized carbons (Fsp3) is 0. The minimum Gasteiger partial charge on any atom is -0.503 e. The normalized spacial score (nSPS) is 11.6. The summed E-state index contributed by atoms with van der Waals surface area (Å²) < 4.78 is 6.61. The molecule has 4 aromatic rings. The van der Waals surface area contributed by atoms with Crippen molar-refractivity contribution in [3.8, 4) is 28.7 Å². The topological polar surface area (TPSA) is 113 Å². The summed E-state index contributed by atoms with van der Waals surface area (Å²) in [5.74, 6) is 0.0477. The Balaban J connectivity index is 1.67. The molecule has 0 aliphatic heterocycles. The van der Waals surface area contributed by atoms with Crippen molar-refractivity contribution in [2.24, 2.45) is 0 Å². The van der Waals surface area contributed by atoms with Crippen LogP contribution in [0.3, 0.4) is 0 Å². The monoisotopic (exact) mass is 493 g/mol. The van der Waals surface area contributed by atoms with Gasteiger partial charge >= 0.3 is 0 Å². The number of nitriles is 1. The van der Waals surface area contributed by atoms with E-state index in [1.165, 1.54) is 29.5 Å². The molecular formula is C22H12BrN3O4S. The average Bonchev–Trinajstić information content (AvgIpc) is 3.45. The van der Waals surface area contributed by atoms with Gasteiger partial charge in [-0.05, 0) is 24.3 Å². The standard InChI is InChI=1S/C22H12BrN3O4S/c23-15-6-4-13(5-7-15)18-12-31-22(25-18)17(11-24)21(27)20-9-8-19(30-20)14-2-1-3-16(10-14)26(28)29/h1-10,12,27H. The molecule has 0 spiro atoms. The second-order valence-corrected chi connectivity index (χ2v) is 8.13. The van der Waals surface area contributed by atoms with E-state index in [9.17, 15) is 20.5 Å². The van der Waals surface area contributed by atoms with Crippen molar-refractivity contribution in [2.45, 2.75) is 0 Å². The number of nitrogens with zero attached hydrogens (tertiary/aromatic N) is 3. The zero-order chi connectivity index (χ0) is 22.0. The summed E-state index contributed by atoms with van der Waals surface area (Å²) >= 11 is 4.62. The Hall–Kier alpha value is -3.74. The highest BCUT2D eigenvalue weighted by Gasteiger charge is 2.19.